The Morgan fingerprint density at radius 3 is 1.63 bits per heavy atom. The van der Waals surface area contributed by atoms with Gasteiger partial charge in [0.25, 0.3) is 0 Å². The van der Waals surface area contributed by atoms with E-state index in [0.29, 0.717) is 5.69 Å². The maximum absolute atomic E-state index is 14.3. The van der Waals surface area contributed by atoms with Gasteiger partial charge in [0.2, 0.25) is 5.91 Å². The summed E-state index contributed by atoms with van der Waals surface area (Å²) in [6.45, 7) is 12.2. The van der Waals surface area contributed by atoms with Gasteiger partial charge in [-0.3, -0.25) is 4.79 Å². The van der Waals surface area contributed by atoms with Crippen LogP contribution in [0, 0.1) is 0 Å². The monoisotopic (exact) mass is 625 g/mol. The summed E-state index contributed by atoms with van der Waals surface area (Å²) in [5, 5.41) is 14.3. The molecule has 10 nitrogen and oxygen atoms in total. The lowest BCUT2D eigenvalue weighted by Gasteiger charge is -2.37. The fraction of sp³-hybridized carbons (Fsp3) is 0.361. The van der Waals surface area contributed by atoms with Crippen LogP contribution in [-0.4, -0.2) is 44.2 Å². The number of rotatable bonds is 10. The lowest BCUT2D eigenvalue weighted by atomic mass is 9.77. The largest absolute Gasteiger partial charge is 0.458 e. The van der Waals surface area contributed by atoms with Crippen molar-refractivity contribution in [3.63, 3.8) is 0 Å². The number of alkyl carbamates (subject to hydrolysis) is 1. The van der Waals surface area contributed by atoms with Gasteiger partial charge in [0.15, 0.2) is 0 Å². The Labute approximate surface area is 270 Å². The number of esters is 1. The van der Waals surface area contributed by atoms with Gasteiger partial charge in [-0.2, -0.15) is 0 Å². The number of carbonyl (C=O) groups is 3. The molecule has 0 aliphatic rings. The first-order chi connectivity index (χ1) is 21.7. The molecule has 0 saturated carbocycles. The number of amides is 2. The summed E-state index contributed by atoms with van der Waals surface area (Å²) in [7, 11) is 0. The summed E-state index contributed by atoms with van der Waals surface area (Å²) in [5.74, 6) is -0.911. The van der Waals surface area contributed by atoms with Crippen LogP contribution in [-0.2, 0) is 24.6 Å². The molecule has 2 amide bonds. The van der Waals surface area contributed by atoms with Crippen LogP contribution in [0.3, 0.4) is 0 Å². The van der Waals surface area contributed by atoms with Crippen LogP contribution < -0.4 is 10.6 Å². The van der Waals surface area contributed by atoms with E-state index in [0.717, 1.165) is 16.7 Å². The minimum atomic E-state index is -1.07. The zero-order valence-electron chi connectivity index (χ0n) is 27.5. The van der Waals surface area contributed by atoms with E-state index < -0.39 is 40.9 Å². The van der Waals surface area contributed by atoms with E-state index in [1.54, 1.807) is 48.5 Å². The summed E-state index contributed by atoms with van der Waals surface area (Å²) >= 11 is 0. The van der Waals surface area contributed by atoms with E-state index >= 15 is 0 Å². The van der Waals surface area contributed by atoms with Crippen LogP contribution in [0.4, 0.5) is 4.79 Å². The van der Waals surface area contributed by atoms with Gasteiger partial charge in [-0.05, 0) is 65.2 Å². The Morgan fingerprint density at radius 1 is 0.739 bits per heavy atom. The molecule has 0 saturated heterocycles. The molecule has 0 aliphatic heterocycles. The van der Waals surface area contributed by atoms with Crippen LogP contribution in [0.1, 0.15) is 89.4 Å². The molecule has 0 unspecified atom stereocenters. The summed E-state index contributed by atoms with van der Waals surface area (Å²) in [6, 6.07) is 27.3. The first kappa shape index (κ1) is 33.9. The van der Waals surface area contributed by atoms with Crippen molar-refractivity contribution in [1.29, 1.82) is 0 Å². The van der Waals surface area contributed by atoms with Crippen molar-refractivity contribution >= 4 is 18.0 Å². The zero-order chi connectivity index (χ0) is 33.5. The summed E-state index contributed by atoms with van der Waals surface area (Å²) < 4.78 is 12.5. The normalized spacial score (nSPS) is 13.3. The predicted molar refractivity (Wildman–Crippen MR) is 175 cm³/mol. The molecule has 10 heteroatoms. The highest BCUT2D eigenvalue weighted by Gasteiger charge is 2.39. The Hall–Kier alpha value is -4.99. The molecule has 4 rings (SSSR count). The molecule has 46 heavy (non-hydrogen) atoms. The Bertz CT molecular complexity index is 1510. The molecular weight excluding hydrogens is 582 g/mol. The molecule has 2 N–H and O–H groups in total. The number of nitrogens with one attached hydrogen (secondary N) is 2. The maximum atomic E-state index is 14.3. The Morgan fingerprint density at radius 2 is 1.20 bits per heavy atom. The summed E-state index contributed by atoms with van der Waals surface area (Å²) in [5.41, 5.74) is 0.301. The van der Waals surface area contributed by atoms with Gasteiger partial charge in [0, 0.05) is 0 Å². The van der Waals surface area contributed by atoms with Crippen LogP contribution in [0.2, 0.25) is 0 Å². The van der Waals surface area contributed by atoms with Crippen LogP contribution in [0.15, 0.2) is 97.2 Å². The van der Waals surface area contributed by atoms with E-state index in [-0.39, 0.29) is 12.3 Å². The highest BCUT2D eigenvalue weighted by molar-refractivity contribution is 5.81. The number of nitrogens with zero attached hydrogens (tertiary/aromatic N) is 3. The highest BCUT2D eigenvalue weighted by Crippen LogP contribution is 2.37. The third-order valence-corrected chi connectivity index (χ3v) is 7.10. The second-order valence-corrected chi connectivity index (χ2v) is 13.1. The molecular formula is C36H43N5O5. The fourth-order valence-corrected chi connectivity index (χ4v) is 5.19. The van der Waals surface area contributed by atoms with Crippen molar-refractivity contribution in [2.45, 2.75) is 83.7 Å². The lowest BCUT2D eigenvalue weighted by molar-refractivity contribution is -0.158. The highest BCUT2D eigenvalue weighted by atomic mass is 16.6. The third-order valence-electron chi connectivity index (χ3n) is 7.10. The molecule has 0 fully saturated rings. The first-order valence-corrected chi connectivity index (χ1v) is 15.3. The van der Waals surface area contributed by atoms with Gasteiger partial charge in [0.05, 0.1) is 24.4 Å². The van der Waals surface area contributed by atoms with E-state index in [1.165, 1.54) is 10.9 Å². The lowest BCUT2D eigenvalue weighted by Crippen LogP contribution is -2.49. The van der Waals surface area contributed by atoms with Gasteiger partial charge in [-0.15, -0.1) is 5.10 Å². The standard InChI is InChI=1S/C36H43N5O5/c1-25(32(43)45-34(2,3)4)41-30(24-37-40-41)29(38-33(44)46-35(5,6)7)23-31(42)39-36(26-17-11-8-12-18-26,27-19-13-9-14-20-27)28-21-15-10-16-22-28/h8-22,24-25,29H,23H2,1-7H3,(H,38,44)(H,39,42)/t25-,29-/m0/s1. The topological polar surface area (TPSA) is 124 Å². The zero-order valence-corrected chi connectivity index (χ0v) is 27.5. The minimum Gasteiger partial charge on any atom is -0.458 e. The Kier molecular flexibility index (Phi) is 10.3. The number of carbonyl (C=O) groups excluding carboxylic acids is 3. The van der Waals surface area contributed by atoms with E-state index in [2.05, 4.69) is 20.9 Å². The summed E-state index contributed by atoms with van der Waals surface area (Å²) in [6.07, 6.45) is 0.472. The molecule has 2 atom stereocenters. The average Bonchev–Trinajstić information content (AvgIpc) is 3.49. The van der Waals surface area contributed by atoms with Crippen LogP contribution in [0.25, 0.3) is 0 Å². The molecule has 0 spiro atoms. The molecule has 0 radical (unpaired) electrons. The number of hydrogen-bond acceptors (Lipinski definition) is 7. The molecule has 1 heterocycles. The number of aromatic nitrogens is 3. The van der Waals surface area contributed by atoms with Crippen molar-refractivity contribution in [3.05, 3.63) is 120 Å². The molecule has 242 valence electrons. The van der Waals surface area contributed by atoms with E-state index in [1.807, 2.05) is 91.0 Å². The molecule has 4 aromatic rings. The molecule has 0 aliphatic carbocycles. The molecule has 1 aromatic heterocycles. The van der Waals surface area contributed by atoms with Crippen molar-refractivity contribution in [1.82, 2.24) is 25.6 Å². The maximum Gasteiger partial charge on any atom is 0.408 e. The summed E-state index contributed by atoms with van der Waals surface area (Å²) in [4.78, 5) is 40.4. The van der Waals surface area contributed by atoms with Crippen LogP contribution in [0.5, 0.6) is 0 Å². The smallest absolute Gasteiger partial charge is 0.408 e. The number of hydrogen-bond donors (Lipinski definition) is 2. The third kappa shape index (κ3) is 8.38. The number of ether oxygens (including phenoxy) is 2. The first-order valence-electron chi connectivity index (χ1n) is 15.3. The van der Waals surface area contributed by atoms with Crippen molar-refractivity contribution in [2.75, 3.05) is 0 Å². The van der Waals surface area contributed by atoms with E-state index in [9.17, 15) is 14.4 Å². The fourth-order valence-electron chi connectivity index (χ4n) is 5.19. The van der Waals surface area contributed by atoms with Gasteiger partial charge in [-0.1, -0.05) is 96.2 Å². The second kappa shape index (κ2) is 14.0. The van der Waals surface area contributed by atoms with Crippen LogP contribution >= 0.6 is 0 Å². The van der Waals surface area contributed by atoms with Gasteiger partial charge >= 0.3 is 12.1 Å². The quantitative estimate of drug-likeness (QED) is 0.158. The van der Waals surface area contributed by atoms with Gasteiger partial charge in [0.1, 0.15) is 22.8 Å². The SMILES string of the molecule is C[C@@H](C(=O)OC(C)(C)C)n1nncc1[C@H](CC(=O)NC(c1ccccc1)(c1ccccc1)c1ccccc1)NC(=O)OC(C)(C)C. The Balaban J connectivity index is 1.76. The number of benzene rings is 3. The predicted octanol–water partition coefficient (Wildman–Crippen LogP) is 6.25. The molecule has 0 bridgehead atoms. The molecule has 3 aromatic carbocycles. The van der Waals surface area contributed by atoms with Crippen molar-refractivity contribution in [3.8, 4) is 0 Å². The van der Waals surface area contributed by atoms with Crippen molar-refractivity contribution < 1.29 is 23.9 Å². The second-order valence-electron chi connectivity index (χ2n) is 13.1. The van der Waals surface area contributed by atoms with Gasteiger partial charge < -0.3 is 20.1 Å². The van der Waals surface area contributed by atoms with Crippen molar-refractivity contribution in [2.24, 2.45) is 0 Å². The average molecular weight is 626 g/mol. The van der Waals surface area contributed by atoms with Gasteiger partial charge in [-0.25, -0.2) is 14.3 Å². The van der Waals surface area contributed by atoms with E-state index in [4.69, 9.17) is 9.47 Å². The minimum absolute atomic E-state index is 0.220.